The van der Waals surface area contributed by atoms with Crippen molar-refractivity contribution in [3.63, 3.8) is 0 Å². The van der Waals surface area contributed by atoms with Crippen molar-refractivity contribution in [1.29, 1.82) is 0 Å². The lowest BCUT2D eigenvalue weighted by atomic mass is 10.0. The number of carbonyl (C=O) groups is 2. The van der Waals surface area contributed by atoms with Gasteiger partial charge >= 0.3 is 12.1 Å². The summed E-state index contributed by atoms with van der Waals surface area (Å²) < 4.78 is 46.2. The summed E-state index contributed by atoms with van der Waals surface area (Å²) in [5, 5.41) is 2.76. The van der Waals surface area contributed by atoms with Crippen LogP contribution in [0.25, 0.3) is 0 Å². The fraction of sp³-hybridized carbons (Fsp3) is 0.600. The summed E-state index contributed by atoms with van der Waals surface area (Å²) in [7, 11) is 1.25. The van der Waals surface area contributed by atoms with Crippen LogP contribution in [0.15, 0.2) is 18.2 Å². The van der Waals surface area contributed by atoms with Crippen LogP contribution in [0.3, 0.4) is 0 Å². The molecule has 0 atom stereocenters. The minimum absolute atomic E-state index is 0.0190. The molecule has 0 unspecified atom stereocenters. The van der Waals surface area contributed by atoms with E-state index in [0.29, 0.717) is 17.9 Å². The third kappa shape index (κ3) is 9.10. The average Bonchev–Trinajstić information content (AvgIpc) is 2.62. The van der Waals surface area contributed by atoms with Crippen LogP contribution in [0.4, 0.5) is 13.2 Å². The molecule has 0 saturated carbocycles. The Morgan fingerprint density at radius 2 is 1.75 bits per heavy atom. The van der Waals surface area contributed by atoms with Gasteiger partial charge in [-0.3, -0.25) is 4.79 Å². The van der Waals surface area contributed by atoms with Gasteiger partial charge in [-0.25, -0.2) is 4.79 Å². The van der Waals surface area contributed by atoms with Crippen LogP contribution in [0.1, 0.15) is 57.9 Å². The highest BCUT2D eigenvalue weighted by Gasteiger charge is 2.41. The maximum Gasteiger partial charge on any atom is 0.491 e. The second kappa shape index (κ2) is 11.6. The molecule has 1 aromatic carbocycles. The van der Waals surface area contributed by atoms with E-state index in [1.165, 1.54) is 38.2 Å². The van der Waals surface area contributed by atoms with Crippen LogP contribution < -0.4 is 14.8 Å². The van der Waals surface area contributed by atoms with Crippen LogP contribution in [0, 0.1) is 5.92 Å². The molecule has 0 aliphatic rings. The van der Waals surface area contributed by atoms with Gasteiger partial charge in [0.2, 0.25) is 5.91 Å². The number of nitrogens with one attached hydrogen (secondary N) is 1. The number of esters is 1. The molecule has 158 valence electrons. The Labute approximate surface area is 163 Å². The molecule has 0 heterocycles. The lowest BCUT2D eigenvalue weighted by Crippen LogP contribution is -2.28. The first-order chi connectivity index (χ1) is 13.1. The normalized spacial score (nSPS) is 11.4. The van der Waals surface area contributed by atoms with Gasteiger partial charge in [0.05, 0.1) is 7.11 Å². The summed E-state index contributed by atoms with van der Waals surface area (Å²) in [5.41, 5.74) is 0.619. The van der Waals surface area contributed by atoms with Gasteiger partial charge in [0.15, 0.2) is 11.5 Å². The van der Waals surface area contributed by atoms with Crippen molar-refractivity contribution in [3.8, 4) is 11.5 Å². The Balaban J connectivity index is 2.44. The maximum atomic E-state index is 12.3. The molecule has 0 saturated heterocycles. The van der Waals surface area contributed by atoms with Gasteiger partial charge in [0, 0.05) is 13.0 Å². The molecule has 1 aromatic rings. The topological polar surface area (TPSA) is 64.6 Å². The van der Waals surface area contributed by atoms with Crippen molar-refractivity contribution < 1.29 is 32.2 Å². The van der Waals surface area contributed by atoms with Crippen LogP contribution in [0.5, 0.6) is 11.5 Å². The summed E-state index contributed by atoms with van der Waals surface area (Å²) in [4.78, 5) is 22.8. The molecule has 5 nitrogen and oxygen atoms in total. The Bertz CT molecular complexity index is 645. The second-order valence-electron chi connectivity index (χ2n) is 7.00. The zero-order valence-corrected chi connectivity index (χ0v) is 16.5. The van der Waals surface area contributed by atoms with Crippen LogP contribution in [-0.4, -0.2) is 25.2 Å². The van der Waals surface area contributed by atoms with Gasteiger partial charge in [-0.15, -0.1) is 0 Å². The van der Waals surface area contributed by atoms with E-state index in [0.717, 1.165) is 19.3 Å². The van der Waals surface area contributed by atoms with Gasteiger partial charge in [0.25, 0.3) is 0 Å². The van der Waals surface area contributed by atoms with Crippen molar-refractivity contribution in [2.45, 2.75) is 65.1 Å². The Morgan fingerprint density at radius 3 is 2.36 bits per heavy atom. The highest BCUT2D eigenvalue weighted by atomic mass is 19.4. The molecule has 0 spiro atoms. The molecule has 0 bridgehead atoms. The third-order valence-electron chi connectivity index (χ3n) is 4.09. The lowest BCUT2D eigenvalue weighted by molar-refractivity contribution is -0.189. The molecule has 1 N–H and O–H groups in total. The molecule has 8 heteroatoms. The average molecular weight is 403 g/mol. The SMILES string of the molecule is COc1cc(CNC(=O)CCCCCCC(C)C)ccc1OC(=O)C(F)(F)F. The minimum Gasteiger partial charge on any atom is -0.493 e. The highest BCUT2D eigenvalue weighted by Crippen LogP contribution is 2.30. The molecule has 0 radical (unpaired) electrons. The Kier molecular flexibility index (Phi) is 9.82. The summed E-state index contributed by atoms with van der Waals surface area (Å²) in [6, 6.07) is 4.09. The number of rotatable bonds is 11. The molecule has 0 fully saturated rings. The van der Waals surface area contributed by atoms with E-state index in [1.54, 1.807) is 0 Å². The highest BCUT2D eigenvalue weighted by molar-refractivity contribution is 5.79. The van der Waals surface area contributed by atoms with Crippen LogP contribution in [-0.2, 0) is 16.1 Å². The summed E-state index contributed by atoms with van der Waals surface area (Å²) in [6.07, 6.45) is 0.646. The number of carbonyl (C=O) groups excluding carboxylic acids is 2. The minimum atomic E-state index is -5.09. The second-order valence-corrected chi connectivity index (χ2v) is 7.00. The standard InChI is InChI=1S/C20H28F3NO4/c1-14(2)8-6-4-5-7-9-18(25)24-13-15-10-11-16(17(12-15)27-3)28-19(26)20(21,22)23/h10-12,14H,4-9,13H2,1-3H3,(H,24,25). The number of hydrogen-bond donors (Lipinski definition) is 1. The van der Waals surface area contributed by atoms with Gasteiger partial charge < -0.3 is 14.8 Å². The summed E-state index contributed by atoms with van der Waals surface area (Å²) >= 11 is 0. The molecule has 1 rings (SSSR count). The first kappa shape index (κ1) is 23.8. The molecule has 1 amide bonds. The van der Waals surface area contributed by atoms with E-state index in [2.05, 4.69) is 23.9 Å². The monoisotopic (exact) mass is 403 g/mol. The Morgan fingerprint density at radius 1 is 1.07 bits per heavy atom. The summed E-state index contributed by atoms with van der Waals surface area (Å²) in [5.74, 6) is -2.06. The van der Waals surface area contributed by atoms with Gasteiger partial charge in [-0.05, 0) is 30.0 Å². The lowest BCUT2D eigenvalue weighted by Gasteiger charge is -2.12. The van der Waals surface area contributed by atoms with Crippen molar-refractivity contribution in [1.82, 2.24) is 5.32 Å². The fourth-order valence-corrected chi connectivity index (χ4v) is 2.54. The van der Waals surface area contributed by atoms with Crippen molar-refractivity contribution >= 4 is 11.9 Å². The third-order valence-corrected chi connectivity index (χ3v) is 4.09. The predicted octanol–water partition coefficient (Wildman–Crippen LogP) is 4.78. The number of unbranched alkanes of at least 4 members (excludes halogenated alkanes) is 3. The summed E-state index contributed by atoms with van der Waals surface area (Å²) in [6.45, 7) is 4.58. The van der Waals surface area contributed by atoms with E-state index in [1.807, 2.05) is 0 Å². The fourth-order valence-electron chi connectivity index (χ4n) is 2.54. The first-order valence-corrected chi connectivity index (χ1v) is 9.36. The molecule has 0 aliphatic heterocycles. The van der Waals surface area contributed by atoms with E-state index in [-0.39, 0.29) is 24.0 Å². The molecular formula is C20H28F3NO4. The number of hydrogen-bond acceptors (Lipinski definition) is 4. The number of benzene rings is 1. The van der Waals surface area contributed by atoms with E-state index < -0.39 is 12.1 Å². The van der Waals surface area contributed by atoms with Gasteiger partial charge in [0.1, 0.15) is 0 Å². The zero-order chi connectivity index (χ0) is 21.2. The van der Waals surface area contributed by atoms with E-state index in [9.17, 15) is 22.8 Å². The van der Waals surface area contributed by atoms with E-state index in [4.69, 9.17) is 4.74 Å². The molecule has 0 aromatic heterocycles. The Hall–Kier alpha value is -2.25. The molecular weight excluding hydrogens is 375 g/mol. The largest absolute Gasteiger partial charge is 0.493 e. The van der Waals surface area contributed by atoms with Crippen molar-refractivity contribution in [3.05, 3.63) is 23.8 Å². The van der Waals surface area contributed by atoms with E-state index >= 15 is 0 Å². The van der Waals surface area contributed by atoms with Crippen molar-refractivity contribution in [2.24, 2.45) is 5.92 Å². The van der Waals surface area contributed by atoms with Crippen LogP contribution in [0.2, 0.25) is 0 Å². The van der Waals surface area contributed by atoms with Gasteiger partial charge in [-0.1, -0.05) is 45.6 Å². The maximum absolute atomic E-state index is 12.3. The van der Waals surface area contributed by atoms with Gasteiger partial charge in [-0.2, -0.15) is 13.2 Å². The zero-order valence-electron chi connectivity index (χ0n) is 16.5. The number of alkyl halides is 3. The van der Waals surface area contributed by atoms with Crippen molar-refractivity contribution in [2.75, 3.05) is 7.11 Å². The molecule has 0 aliphatic carbocycles. The number of ether oxygens (including phenoxy) is 2. The molecule has 28 heavy (non-hydrogen) atoms. The van der Waals surface area contributed by atoms with Crippen LogP contribution >= 0.6 is 0 Å². The quantitative estimate of drug-likeness (QED) is 0.328. The predicted molar refractivity (Wildman–Crippen MR) is 99.1 cm³/mol. The number of methoxy groups -OCH3 is 1. The smallest absolute Gasteiger partial charge is 0.491 e. The number of halogens is 3. The number of amides is 1. The first-order valence-electron chi connectivity index (χ1n) is 9.36.